The van der Waals surface area contributed by atoms with Crippen molar-refractivity contribution in [3.63, 3.8) is 0 Å². The molecule has 1 nitrogen and oxygen atoms in total. The van der Waals surface area contributed by atoms with Crippen LogP contribution in [0.15, 0.2) is 61.2 Å². The highest BCUT2D eigenvalue weighted by Crippen LogP contribution is 2.13. The first-order chi connectivity index (χ1) is 6.74. The molecule has 0 atom stereocenters. The average Bonchev–Trinajstić information content (AvgIpc) is 2.26. The van der Waals surface area contributed by atoms with Crippen molar-refractivity contribution in [1.82, 2.24) is 0 Å². The lowest BCUT2D eigenvalue weighted by atomic mass is 10.1. The monoisotopic (exact) mass is 184 g/mol. The van der Waals surface area contributed by atoms with E-state index in [1.807, 2.05) is 30.3 Å². The molecule has 0 aliphatic heterocycles. The average molecular weight is 184 g/mol. The van der Waals surface area contributed by atoms with Crippen molar-refractivity contribution in [2.24, 2.45) is 0 Å². The molecule has 14 heavy (non-hydrogen) atoms. The SMILES string of the molecule is C=C(C=O)/C=C\C(=C)c1ccccc1. The first kappa shape index (κ1) is 10.2. The Balaban J connectivity index is 2.73. The van der Waals surface area contributed by atoms with E-state index >= 15 is 0 Å². The second-order valence-corrected chi connectivity index (χ2v) is 2.92. The molecule has 0 amide bonds. The minimum atomic E-state index is 0.446. The number of benzene rings is 1. The molecule has 1 rings (SSSR count). The van der Waals surface area contributed by atoms with Gasteiger partial charge in [0.15, 0.2) is 0 Å². The number of carbonyl (C=O) groups is 1. The van der Waals surface area contributed by atoms with Gasteiger partial charge in [0.1, 0.15) is 6.29 Å². The lowest BCUT2D eigenvalue weighted by molar-refractivity contribution is -0.104. The third-order valence-corrected chi connectivity index (χ3v) is 1.79. The van der Waals surface area contributed by atoms with Crippen LogP contribution in [-0.4, -0.2) is 6.29 Å². The molecule has 0 spiro atoms. The van der Waals surface area contributed by atoms with Gasteiger partial charge in [-0.2, -0.15) is 0 Å². The fourth-order valence-corrected chi connectivity index (χ4v) is 0.995. The van der Waals surface area contributed by atoms with Gasteiger partial charge in [-0.25, -0.2) is 0 Å². The van der Waals surface area contributed by atoms with Crippen LogP contribution in [0.3, 0.4) is 0 Å². The van der Waals surface area contributed by atoms with Gasteiger partial charge in [-0.1, -0.05) is 55.6 Å². The molecule has 0 radical (unpaired) electrons. The Bertz CT molecular complexity index is 371. The Morgan fingerprint density at radius 2 is 1.71 bits per heavy atom. The Labute approximate surface area is 84.1 Å². The van der Waals surface area contributed by atoms with Crippen molar-refractivity contribution in [3.8, 4) is 0 Å². The summed E-state index contributed by atoms with van der Waals surface area (Å²) in [4.78, 5) is 10.3. The van der Waals surface area contributed by atoms with Crippen LogP contribution in [0.4, 0.5) is 0 Å². The summed E-state index contributed by atoms with van der Waals surface area (Å²) in [5, 5.41) is 0. The summed E-state index contributed by atoms with van der Waals surface area (Å²) in [6, 6.07) is 9.78. The van der Waals surface area contributed by atoms with E-state index in [-0.39, 0.29) is 0 Å². The number of allylic oxidation sites excluding steroid dienone is 4. The second-order valence-electron chi connectivity index (χ2n) is 2.92. The highest BCUT2D eigenvalue weighted by Gasteiger charge is 1.92. The van der Waals surface area contributed by atoms with Gasteiger partial charge < -0.3 is 0 Å². The lowest BCUT2D eigenvalue weighted by Crippen LogP contribution is -1.79. The third kappa shape index (κ3) is 2.87. The summed E-state index contributed by atoms with van der Waals surface area (Å²) in [6.07, 6.45) is 4.16. The molecule has 0 unspecified atom stereocenters. The molecular formula is C13H12O. The molecule has 1 aromatic rings. The fourth-order valence-electron chi connectivity index (χ4n) is 0.995. The van der Waals surface area contributed by atoms with Crippen LogP contribution < -0.4 is 0 Å². The maximum absolute atomic E-state index is 10.3. The summed E-state index contributed by atoms with van der Waals surface area (Å²) in [5.41, 5.74) is 2.36. The first-order valence-electron chi connectivity index (χ1n) is 4.30. The summed E-state index contributed by atoms with van der Waals surface area (Å²) in [6.45, 7) is 7.43. The van der Waals surface area contributed by atoms with E-state index in [1.165, 1.54) is 0 Å². The zero-order valence-corrected chi connectivity index (χ0v) is 7.94. The zero-order chi connectivity index (χ0) is 10.4. The van der Waals surface area contributed by atoms with E-state index in [4.69, 9.17) is 0 Å². The standard InChI is InChI=1S/C13H12O/c1-11(10-14)8-9-12(2)13-6-4-3-5-7-13/h3-10H,1-2H2/b9-8-. The number of hydrogen-bond acceptors (Lipinski definition) is 1. The topological polar surface area (TPSA) is 17.1 Å². The highest BCUT2D eigenvalue weighted by atomic mass is 16.1. The first-order valence-corrected chi connectivity index (χ1v) is 4.30. The minimum absolute atomic E-state index is 0.446. The lowest BCUT2D eigenvalue weighted by Gasteiger charge is -1.98. The van der Waals surface area contributed by atoms with Gasteiger partial charge in [-0.05, 0) is 11.1 Å². The predicted molar refractivity (Wildman–Crippen MR) is 59.8 cm³/mol. The molecule has 0 saturated carbocycles. The Morgan fingerprint density at radius 3 is 2.29 bits per heavy atom. The Kier molecular flexibility index (Phi) is 3.62. The van der Waals surface area contributed by atoms with Gasteiger partial charge in [0.05, 0.1) is 0 Å². The molecule has 0 N–H and O–H groups in total. The van der Waals surface area contributed by atoms with E-state index in [9.17, 15) is 4.79 Å². The predicted octanol–water partition coefficient (Wildman–Crippen LogP) is 3.01. The van der Waals surface area contributed by atoms with Gasteiger partial charge in [-0.15, -0.1) is 0 Å². The molecule has 0 aromatic heterocycles. The molecule has 0 heterocycles. The third-order valence-electron chi connectivity index (χ3n) is 1.79. The maximum atomic E-state index is 10.3. The summed E-state index contributed by atoms with van der Waals surface area (Å²) >= 11 is 0. The Hall–Kier alpha value is -1.89. The van der Waals surface area contributed by atoms with Crippen LogP contribution >= 0.6 is 0 Å². The van der Waals surface area contributed by atoms with Crippen molar-refractivity contribution in [2.45, 2.75) is 0 Å². The molecule has 1 heteroatoms. The van der Waals surface area contributed by atoms with Crippen molar-refractivity contribution in [1.29, 1.82) is 0 Å². The van der Waals surface area contributed by atoms with E-state index < -0.39 is 0 Å². The number of carbonyl (C=O) groups excluding carboxylic acids is 1. The zero-order valence-electron chi connectivity index (χ0n) is 7.94. The van der Waals surface area contributed by atoms with Gasteiger partial charge in [0.2, 0.25) is 0 Å². The van der Waals surface area contributed by atoms with Crippen molar-refractivity contribution in [3.05, 3.63) is 66.8 Å². The second kappa shape index (κ2) is 4.97. The smallest absolute Gasteiger partial charge is 0.149 e. The Morgan fingerprint density at radius 1 is 1.07 bits per heavy atom. The van der Waals surface area contributed by atoms with Crippen LogP contribution in [0.1, 0.15) is 5.56 Å². The normalized spacial score (nSPS) is 10.0. The van der Waals surface area contributed by atoms with Gasteiger partial charge in [0.25, 0.3) is 0 Å². The molecule has 1 aromatic carbocycles. The molecule has 0 aliphatic carbocycles. The van der Waals surface area contributed by atoms with E-state index in [0.717, 1.165) is 17.4 Å². The van der Waals surface area contributed by atoms with Crippen LogP contribution in [0, 0.1) is 0 Å². The van der Waals surface area contributed by atoms with Crippen molar-refractivity contribution in [2.75, 3.05) is 0 Å². The van der Waals surface area contributed by atoms with Crippen molar-refractivity contribution >= 4 is 11.9 Å². The molecule has 70 valence electrons. The highest BCUT2D eigenvalue weighted by molar-refractivity contribution is 5.80. The summed E-state index contributed by atoms with van der Waals surface area (Å²) in [7, 11) is 0. The summed E-state index contributed by atoms with van der Waals surface area (Å²) in [5.74, 6) is 0. The number of hydrogen-bond donors (Lipinski definition) is 0. The van der Waals surface area contributed by atoms with Crippen LogP contribution in [-0.2, 0) is 4.79 Å². The molecule has 0 saturated heterocycles. The van der Waals surface area contributed by atoms with Gasteiger partial charge in [0, 0.05) is 5.57 Å². The van der Waals surface area contributed by atoms with E-state index in [0.29, 0.717) is 5.57 Å². The largest absolute Gasteiger partial charge is 0.298 e. The summed E-state index contributed by atoms with van der Waals surface area (Å²) < 4.78 is 0. The van der Waals surface area contributed by atoms with Gasteiger partial charge in [-0.3, -0.25) is 4.79 Å². The minimum Gasteiger partial charge on any atom is -0.298 e. The van der Waals surface area contributed by atoms with Crippen LogP contribution in [0.5, 0.6) is 0 Å². The van der Waals surface area contributed by atoms with E-state index in [2.05, 4.69) is 13.2 Å². The maximum Gasteiger partial charge on any atom is 0.149 e. The van der Waals surface area contributed by atoms with Crippen LogP contribution in [0.2, 0.25) is 0 Å². The number of aldehydes is 1. The molecule has 0 fully saturated rings. The fraction of sp³-hybridized carbons (Fsp3) is 0. The molecular weight excluding hydrogens is 172 g/mol. The van der Waals surface area contributed by atoms with Crippen LogP contribution in [0.25, 0.3) is 5.57 Å². The van der Waals surface area contributed by atoms with Crippen molar-refractivity contribution < 1.29 is 4.79 Å². The quantitative estimate of drug-likeness (QED) is 0.399. The molecule has 0 bridgehead atoms. The molecule has 0 aliphatic rings. The number of rotatable bonds is 4. The van der Waals surface area contributed by atoms with E-state index in [1.54, 1.807) is 12.2 Å². The van der Waals surface area contributed by atoms with Gasteiger partial charge >= 0.3 is 0 Å².